The van der Waals surface area contributed by atoms with Gasteiger partial charge in [-0.05, 0) is 26.4 Å². The molecular formula is C12H23ClN4O2. The van der Waals surface area contributed by atoms with Gasteiger partial charge in [0.15, 0.2) is 0 Å². The first-order valence-corrected chi connectivity index (χ1v) is 6.63. The summed E-state index contributed by atoms with van der Waals surface area (Å²) in [7, 11) is 1.96. The highest BCUT2D eigenvalue weighted by molar-refractivity contribution is 5.86. The third-order valence-corrected chi connectivity index (χ3v) is 3.66. The summed E-state index contributed by atoms with van der Waals surface area (Å²) in [6.07, 6.45) is 2.30. The summed E-state index contributed by atoms with van der Waals surface area (Å²) < 4.78 is 0. The monoisotopic (exact) mass is 290 g/mol. The normalized spacial score (nSPS) is 24.6. The van der Waals surface area contributed by atoms with Gasteiger partial charge in [-0.1, -0.05) is 0 Å². The van der Waals surface area contributed by atoms with E-state index in [1.807, 2.05) is 7.05 Å². The lowest BCUT2D eigenvalue weighted by molar-refractivity contribution is -0.139. The van der Waals surface area contributed by atoms with E-state index in [9.17, 15) is 9.59 Å². The van der Waals surface area contributed by atoms with E-state index < -0.39 is 0 Å². The molecule has 0 spiro atoms. The van der Waals surface area contributed by atoms with Crippen LogP contribution >= 0.6 is 12.4 Å². The van der Waals surface area contributed by atoms with Gasteiger partial charge in [-0.2, -0.15) is 0 Å². The van der Waals surface area contributed by atoms with E-state index in [1.54, 1.807) is 4.90 Å². The van der Waals surface area contributed by atoms with Crippen molar-refractivity contribution in [1.82, 2.24) is 20.4 Å². The van der Waals surface area contributed by atoms with Crippen LogP contribution in [0.1, 0.15) is 12.8 Å². The van der Waals surface area contributed by atoms with Crippen molar-refractivity contribution in [2.45, 2.75) is 18.9 Å². The van der Waals surface area contributed by atoms with E-state index in [-0.39, 0.29) is 30.8 Å². The van der Waals surface area contributed by atoms with Crippen molar-refractivity contribution in [3.05, 3.63) is 0 Å². The minimum atomic E-state index is -0.0543. The smallest absolute Gasteiger partial charge is 0.239 e. The number of carbonyl (C=O) groups excluding carboxylic acids is 2. The quantitative estimate of drug-likeness (QED) is 0.704. The molecule has 2 aliphatic rings. The summed E-state index contributed by atoms with van der Waals surface area (Å²) in [6.45, 7) is 3.75. The molecule has 2 heterocycles. The number of likely N-dealkylation sites (N-methyl/N-ethyl adjacent to an activating group) is 1. The third-order valence-electron chi connectivity index (χ3n) is 3.66. The van der Waals surface area contributed by atoms with Crippen LogP contribution in [0.15, 0.2) is 0 Å². The Morgan fingerprint density at radius 3 is 2.95 bits per heavy atom. The molecule has 2 saturated heterocycles. The van der Waals surface area contributed by atoms with Gasteiger partial charge in [0.1, 0.15) is 0 Å². The standard InChI is InChI=1S/C12H22N4O2.ClH/c1-13-10-3-2-5-15(7-10)9-12(18)16-6-4-14-11(17)8-16;/h10,13H,2-9H2,1H3,(H,14,17);1H. The van der Waals surface area contributed by atoms with Gasteiger partial charge in [-0.25, -0.2) is 0 Å². The second kappa shape index (κ2) is 7.67. The van der Waals surface area contributed by atoms with Gasteiger partial charge in [0, 0.05) is 25.7 Å². The molecule has 7 heteroatoms. The molecule has 2 aliphatic heterocycles. The molecule has 2 amide bonds. The van der Waals surface area contributed by atoms with Crippen LogP contribution in [-0.4, -0.2) is 74.0 Å². The number of hydrogen-bond donors (Lipinski definition) is 2. The Morgan fingerprint density at radius 2 is 2.26 bits per heavy atom. The van der Waals surface area contributed by atoms with Crippen LogP contribution in [0.2, 0.25) is 0 Å². The Hall–Kier alpha value is -0.850. The Balaban J connectivity index is 0.00000180. The van der Waals surface area contributed by atoms with Crippen molar-refractivity contribution >= 4 is 24.2 Å². The van der Waals surface area contributed by atoms with Gasteiger partial charge < -0.3 is 15.5 Å². The maximum absolute atomic E-state index is 12.1. The summed E-state index contributed by atoms with van der Waals surface area (Å²) in [5, 5.41) is 5.99. The first-order chi connectivity index (χ1) is 8.69. The van der Waals surface area contributed by atoms with Gasteiger partial charge >= 0.3 is 0 Å². The van der Waals surface area contributed by atoms with Crippen molar-refractivity contribution in [3.63, 3.8) is 0 Å². The fraction of sp³-hybridized carbons (Fsp3) is 0.833. The maximum atomic E-state index is 12.1. The predicted molar refractivity (Wildman–Crippen MR) is 75.4 cm³/mol. The highest BCUT2D eigenvalue weighted by Crippen LogP contribution is 2.10. The number of piperazine rings is 1. The molecular weight excluding hydrogens is 268 g/mol. The Bertz CT molecular complexity index is 327. The number of likely N-dealkylation sites (tertiary alicyclic amines) is 1. The van der Waals surface area contributed by atoms with Gasteiger partial charge in [-0.3, -0.25) is 14.5 Å². The summed E-state index contributed by atoms with van der Waals surface area (Å²) in [5.74, 6) is 0.0166. The van der Waals surface area contributed by atoms with E-state index in [1.165, 1.54) is 6.42 Å². The number of nitrogens with one attached hydrogen (secondary N) is 2. The zero-order chi connectivity index (χ0) is 13.0. The molecule has 6 nitrogen and oxygen atoms in total. The van der Waals surface area contributed by atoms with Crippen LogP contribution in [0.5, 0.6) is 0 Å². The van der Waals surface area contributed by atoms with Crippen LogP contribution < -0.4 is 10.6 Å². The molecule has 0 radical (unpaired) electrons. The molecule has 0 saturated carbocycles. The zero-order valence-corrected chi connectivity index (χ0v) is 12.2. The lowest BCUT2D eigenvalue weighted by atomic mass is 10.1. The number of piperidine rings is 1. The average Bonchev–Trinajstić information content (AvgIpc) is 2.39. The zero-order valence-electron chi connectivity index (χ0n) is 11.4. The van der Waals surface area contributed by atoms with Crippen LogP contribution in [-0.2, 0) is 9.59 Å². The highest BCUT2D eigenvalue weighted by atomic mass is 35.5. The lowest BCUT2D eigenvalue weighted by Crippen LogP contribution is -2.54. The summed E-state index contributed by atoms with van der Waals surface area (Å²) in [5.41, 5.74) is 0. The minimum absolute atomic E-state index is 0. The van der Waals surface area contributed by atoms with E-state index in [0.717, 1.165) is 19.5 Å². The highest BCUT2D eigenvalue weighted by Gasteiger charge is 2.25. The van der Waals surface area contributed by atoms with Crippen LogP contribution in [0.25, 0.3) is 0 Å². The van der Waals surface area contributed by atoms with E-state index in [2.05, 4.69) is 15.5 Å². The fourth-order valence-electron chi connectivity index (χ4n) is 2.58. The van der Waals surface area contributed by atoms with Crippen molar-refractivity contribution < 1.29 is 9.59 Å². The first kappa shape index (κ1) is 16.2. The number of amides is 2. The lowest BCUT2D eigenvalue weighted by Gasteiger charge is -2.34. The third kappa shape index (κ3) is 4.63. The number of rotatable bonds is 3. The molecule has 110 valence electrons. The number of nitrogens with zero attached hydrogens (tertiary/aromatic N) is 2. The summed E-state index contributed by atoms with van der Waals surface area (Å²) in [6, 6.07) is 0.483. The topological polar surface area (TPSA) is 64.7 Å². The SMILES string of the molecule is CNC1CCCN(CC(=O)N2CCNC(=O)C2)C1.Cl. The molecule has 2 fully saturated rings. The van der Waals surface area contributed by atoms with Crippen LogP contribution in [0, 0.1) is 0 Å². The second-order valence-corrected chi connectivity index (χ2v) is 5.03. The summed E-state index contributed by atoms with van der Waals surface area (Å²) in [4.78, 5) is 27.2. The van der Waals surface area contributed by atoms with E-state index in [4.69, 9.17) is 0 Å². The van der Waals surface area contributed by atoms with Crippen molar-refractivity contribution in [1.29, 1.82) is 0 Å². The second-order valence-electron chi connectivity index (χ2n) is 5.03. The van der Waals surface area contributed by atoms with Crippen molar-refractivity contribution in [2.75, 3.05) is 46.3 Å². The van der Waals surface area contributed by atoms with Gasteiger partial charge in [0.2, 0.25) is 11.8 Å². The fourth-order valence-corrected chi connectivity index (χ4v) is 2.58. The summed E-state index contributed by atoms with van der Waals surface area (Å²) >= 11 is 0. The average molecular weight is 291 g/mol. The molecule has 2 N–H and O–H groups in total. The minimum Gasteiger partial charge on any atom is -0.353 e. The van der Waals surface area contributed by atoms with Gasteiger partial charge in [0.05, 0.1) is 13.1 Å². The molecule has 0 aromatic rings. The number of hydrogen-bond acceptors (Lipinski definition) is 4. The Kier molecular flexibility index (Phi) is 6.54. The van der Waals surface area contributed by atoms with Gasteiger partial charge in [-0.15, -0.1) is 12.4 Å². The molecule has 1 unspecified atom stereocenters. The predicted octanol–water partition coefficient (Wildman–Crippen LogP) is -0.950. The number of carbonyl (C=O) groups is 2. The Morgan fingerprint density at radius 1 is 1.47 bits per heavy atom. The maximum Gasteiger partial charge on any atom is 0.239 e. The van der Waals surface area contributed by atoms with E-state index in [0.29, 0.717) is 25.7 Å². The molecule has 0 aromatic heterocycles. The van der Waals surface area contributed by atoms with Crippen LogP contribution in [0.4, 0.5) is 0 Å². The Labute approximate surface area is 120 Å². The van der Waals surface area contributed by atoms with Crippen molar-refractivity contribution in [3.8, 4) is 0 Å². The molecule has 1 atom stereocenters. The van der Waals surface area contributed by atoms with Gasteiger partial charge in [0.25, 0.3) is 0 Å². The molecule has 2 rings (SSSR count). The van der Waals surface area contributed by atoms with Crippen LogP contribution in [0.3, 0.4) is 0 Å². The molecule has 0 aromatic carbocycles. The largest absolute Gasteiger partial charge is 0.353 e. The first-order valence-electron chi connectivity index (χ1n) is 6.63. The number of halogens is 1. The van der Waals surface area contributed by atoms with Crippen molar-refractivity contribution in [2.24, 2.45) is 0 Å². The molecule has 19 heavy (non-hydrogen) atoms. The molecule has 0 bridgehead atoms. The molecule has 0 aliphatic carbocycles. The van der Waals surface area contributed by atoms with E-state index >= 15 is 0 Å².